The zero-order valence-electron chi connectivity index (χ0n) is 12.9. The average molecular weight is 335 g/mol. The van der Waals surface area contributed by atoms with E-state index in [1.54, 1.807) is 0 Å². The SMILES string of the molecule is Cc1cc2c(Cl)ccc3c2n1CCCCC3=O.NC(N)=NC=O. The number of benzene rings is 1. The molecule has 0 radical (unpaired) electrons. The van der Waals surface area contributed by atoms with Gasteiger partial charge in [0.25, 0.3) is 0 Å². The maximum absolute atomic E-state index is 12.1. The maximum Gasteiger partial charge on any atom is 0.236 e. The summed E-state index contributed by atoms with van der Waals surface area (Å²) < 4.78 is 2.23. The van der Waals surface area contributed by atoms with Crippen LogP contribution in [-0.4, -0.2) is 22.7 Å². The molecule has 7 heteroatoms. The van der Waals surface area contributed by atoms with E-state index in [4.69, 9.17) is 23.1 Å². The summed E-state index contributed by atoms with van der Waals surface area (Å²) in [6, 6.07) is 5.79. The van der Waals surface area contributed by atoms with E-state index in [-0.39, 0.29) is 18.2 Å². The Bertz CT molecular complexity index is 776. The molecule has 23 heavy (non-hydrogen) atoms. The number of carbonyl (C=O) groups is 2. The molecule has 1 aliphatic rings. The molecule has 0 saturated heterocycles. The lowest BCUT2D eigenvalue weighted by molar-refractivity contribution is -0.106. The molecule has 6 nitrogen and oxygen atoms in total. The Morgan fingerprint density at radius 3 is 2.70 bits per heavy atom. The fourth-order valence-electron chi connectivity index (χ4n) is 2.74. The first kappa shape index (κ1) is 17.0. The fraction of sp³-hybridized carbons (Fsp3) is 0.312. The van der Waals surface area contributed by atoms with Gasteiger partial charge in [-0.25, -0.2) is 0 Å². The first-order valence-corrected chi connectivity index (χ1v) is 7.67. The minimum Gasteiger partial charge on any atom is -0.370 e. The molecule has 0 saturated carbocycles. The van der Waals surface area contributed by atoms with Crippen LogP contribution in [0.4, 0.5) is 0 Å². The number of ketones is 1. The monoisotopic (exact) mass is 334 g/mol. The third-order valence-corrected chi connectivity index (χ3v) is 4.08. The average Bonchev–Trinajstić information content (AvgIpc) is 2.80. The van der Waals surface area contributed by atoms with Gasteiger partial charge in [-0.2, -0.15) is 4.99 Å². The number of aliphatic imine (C=N–C) groups is 1. The second-order valence-electron chi connectivity index (χ2n) is 5.33. The van der Waals surface area contributed by atoms with Crippen molar-refractivity contribution >= 4 is 40.7 Å². The topological polar surface area (TPSA) is 103 Å². The molecule has 4 N–H and O–H groups in total. The number of aryl methyl sites for hydroxylation is 2. The van der Waals surface area contributed by atoms with Gasteiger partial charge in [0.2, 0.25) is 6.41 Å². The normalized spacial score (nSPS) is 13.6. The Kier molecular flexibility index (Phi) is 5.39. The Hall–Kier alpha value is -2.34. The molecular formula is C16H19ClN4O2. The highest BCUT2D eigenvalue weighted by atomic mass is 35.5. The summed E-state index contributed by atoms with van der Waals surface area (Å²) in [5.41, 5.74) is 12.4. The van der Waals surface area contributed by atoms with Crippen LogP contribution in [0.3, 0.4) is 0 Å². The minimum atomic E-state index is -0.204. The van der Waals surface area contributed by atoms with Crippen LogP contribution in [-0.2, 0) is 11.3 Å². The molecule has 1 aliphatic heterocycles. The highest BCUT2D eigenvalue weighted by Crippen LogP contribution is 2.32. The van der Waals surface area contributed by atoms with Crippen LogP contribution in [0.5, 0.6) is 0 Å². The minimum absolute atomic E-state index is 0.204. The van der Waals surface area contributed by atoms with E-state index in [1.807, 2.05) is 12.1 Å². The van der Waals surface area contributed by atoms with E-state index in [0.29, 0.717) is 6.42 Å². The van der Waals surface area contributed by atoms with Crippen molar-refractivity contribution in [2.45, 2.75) is 32.7 Å². The molecule has 1 aromatic heterocycles. The van der Waals surface area contributed by atoms with Crippen molar-refractivity contribution < 1.29 is 9.59 Å². The Morgan fingerprint density at radius 2 is 2.09 bits per heavy atom. The van der Waals surface area contributed by atoms with Crippen molar-refractivity contribution in [1.82, 2.24) is 4.57 Å². The Labute approximate surface area is 139 Å². The zero-order valence-corrected chi connectivity index (χ0v) is 13.6. The lowest BCUT2D eigenvalue weighted by Crippen LogP contribution is -2.22. The summed E-state index contributed by atoms with van der Waals surface area (Å²) in [6.07, 6.45) is 2.97. The van der Waals surface area contributed by atoms with Gasteiger partial charge in [0.05, 0.1) is 5.52 Å². The Morgan fingerprint density at radius 1 is 1.35 bits per heavy atom. The van der Waals surface area contributed by atoms with E-state index in [2.05, 4.69) is 22.5 Å². The van der Waals surface area contributed by atoms with E-state index >= 15 is 0 Å². The van der Waals surface area contributed by atoms with Crippen molar-refractivity contribution in [1.29, 1.82) is 0 Å². The van der Waals surface area contributed by atoms with Gasteiger partial charge in [0.15, 0.2) is 11.7 Å². The van der Waals surface area contributed by atoms with Crippen LogP contribution in [0.25, 0.3) is 10.9 Å². The molecule has 0 fully saturated rings. The molecule has 1 aromatic carbocycles. The molecule has 2 aromatic rings. The number of halogens is 1. The fourth-order valence-corrected chi connectivity index (χ4v) is 2.95. The smallest absolute Gasteiger partial charge is 0.236 e. The number of aromatic nitrogens is 1. The lowest BCUT2D eigenvalue weighted by Gasteiger charge is -2.14. The zero-order chi connectivity index (χ0) is 17.0. The molecular weight excluding hydrogens is 316 g/mol. The molecule has 1 amide bonds. The second-order valence-corrected chi connectivity index (χ2v) is 5.74. The number of Topliss-reactive ketones (excluding diaryl/α,β-unsaturated/α-hetero) is 1. The summed E-state index contributed by atoms with van der Waals surface area (Å²) in [4.78, 5) is 24.3. The van der Waals surface area contributed by atoms with Crippen molar-refractivity contribution in [3.8, 4) is 0 Å². The van der Waals surface area contributed by atoms with Crippen LogP contribution in [0.1, 0.15) is 35.3 Å². The lowest BCUT2D eigenvalue weighted by atomic mass is 10.0. The largest absolute Gasteiger partial charge is 0.370 e. The number of rotatable bonds is 1. The summed E-state index contributed by atoms with van der Waals surface area (Å²) in [5, 5.41) is 1.75. The quantitative estimate of drug-likeness (QED) is 0.474. The molecule has 0 spiro atoms. The van der Waals surface area contributed by atoms with Crippen LogP contribution < -0.4 is 11.5 Å². The van der Waals surface area contributed by atoms with Crippen LogP contribution >= 0.6 is 11.6 Å². The van der Waals surface area contributed by atoms with Crippen molar-refractivity contribution in [3.05, 3.63) is 34.5 Å². The highest BCUT2D eigenvalue weighted by molar-refractivity contribution is 6.36. The van der Waals surface area contributed by atoms with Gasteiger partial charge in [-0.3, -0.25) is 9.59 Å². The summed E-state index contributed by atoms with van der Waals surface area (Å²) in [6.45, 7) is 3.06. The van der Waals surface area contributed by atoms with Crippen LogP contribution in [0, 0.1) is 6.92 Å². The second kappa shape index (κ2) is 7.28. The van der Waals surface area contributed by atoms with Crippen LogP contribution in [0.15, 0.2) is 23.2 Å². The van der Waals surface area contributed by atoms with Gasteiger partial charge < -0.3 is 16.0 Å². The van der Waals surface area contributed by atoms with Gasteiger partial charge in [0.1, 0.15) is 0 Å². The number of amides is 1. The number of nitrogens with zero attached hydrogens (tertiary/aromatic N) is 2. The number of nitrogens with two attached hydrogens (primary N) is 2. The standard InChI is InChI=1S/C14H14ClNO.C2H5N3O/c1-9-8-11-12(15)6-5-10-13(17)4-2-3-7-16(9)14(10)11;3-2(4)5-1-6/h5-6,8H,2-4,7H2,1H3;1H,(H4,3,4,5,6). The third-order valence-electron chi connectivity index (χ3n) is 3.75. The molecule has 122 valence electrons. The summed E-state index contributed by atoms with van der Waals surface area (Å²) in [5.74, 6) is 0.0377. The van der Waals surface area contributed by atoms with Gasteiger partial charge in [0, 0.05) is 34.6 Å². The van der Waals surface area contributed by atoms with Crippen molar-refractivity contribution in [2.75, 3.05) is 0 Å². The molecule has 3 rings (SSSR count). The molecule has 0 aliphatic carbocycles. The summed E-state index contributed by atoms with van der Waals surface area (Å²) >= 11 is 6.21. The van der Waals surface area contributed by atoms with Gasteiger partial charge >= 0.3 is 0 Å². The number of hydrogen-bond acceptors (Lipinski definition) is 2. The highest BCUT2D eigenvalue weighted by Gasteiger charge is 2.19. The Balaban J connectivity index is 0.000000277. The molecule has 0 bridgehead atoms. The molecule has 2 heterocycles. The van der Waals surface area contributed by atoms with E-state index in [0.717, 1.165) is 40.9 Å². The molecule has 0 atom stereocenters. The number of hydrogen-bond donors (Lipinski definition) is 2. The number of carbonyl (C=O) groups excluding carboxylic acids is 2. The van der Waals surface area contributed by atoms with Gasteiger partial charge in [-0.15, -0.1) is 0 Å². The third kappa shape index (κ3) is 3.71. The first-order valence-electron chi connectivity index (χ1n) is 7.29. The van der Waals surface area contributed by atoms with E-state index in [9.17, 15) is 9.59 Å². The van der Waals surface area contributed by atoms with Crippen molar-refractivity contribution in [2.24, 2.45) is 16.5 Å². The predicted octanol–water partition coefficient (Wildman–Crippen LogP) is 2.39. The first-order chi connectivity index (χ1) is 11.0. The van der Waals surface area contributed by atoms with Crippen LogP contribution in [0.2, 0.25) is 5.02 Å². The van der Waals surface area contributed by atoms with Gasteiger partial charge in [-0.05, 0) is 38.0 Å². The van der Waals surface area contributed by atoms with Gasteiger partial charge in [-0.1, -0.05) is 11.6 Å². The summed E-state index contributed by atoms with van der Waals surface area (Å²) in [7, 11) is 0. The van der Waals surface area contributed by atoms with E-state index in [1.165, 1.54) is 5.69 Å². The maximum atomic E-state index is 12.1. The predicted molar refractivity (Wildman–Crippen MR) is 91.7 cm³/mol. The number of guanidine groups is 1. The van der Waals surface area contributed by atoms with E-state index < -0.39 is 0 Å². The molecule has 0 unspecified atom stereocenters. The van der Waals surface area contributed by atoms with Crippen molar-refractivity contribution in [3.63, 3.8) is 0 Å².